The molecule has 0 saturated carbocycles. The second-order valence-electron chi connectivity index (χ2n) is 6.21. The summed E-state index contributed by atoms with van der Waals surface area (Å²) in [7, 11) is 1.64. The van der Waals surface area contributed by atoms with Crippen molar-refractivity contribution in [2.24, 2.45) is 0 Å². The molecule has 0 radical (unpaired) electrons. The van der Waals surface area contributed by atoms with Crippen LogP contribution in [0.2, 0.25) is 0 Å². The van der Waals surface area contributed by atoms with Crippen molar-refractivity contribution in [3.8, 4) is 17.1 Å². The maximum absolute atomic E-state index is 12.7. The van der Waals surface area contributed by atoms with E-state index in [-0.39, 0.29) is 11.2 Å². The summed E-state index contributed by atoms with van der Waals surface area (Å²) in [5, 5.41) is 7.57. The van der Waals surface area contributed by atoms with Gasteiger partial charge in [-0.1, -0.05) is 18.7 Å². The molecule has 0 aliphatic carbocycles. The lowest BCUT2D eigenvalue weighted by molar-refractivity contribution is -0.132. The maximum atomic E-state index is 12.7. The summed E-state index contributed by atoms with van der Waals surface area (Å²) in [6.45, 7) is 8.59. The largest absolute Gasteiger partial charge is 0.497 e. The van der Waals surface area contributed by atoms with Crippen LogP contribution >= 0.6 is 11.8 Å². The Morgan fingerprint density at radius 2 is 1.96 bits per heavy atom. The number of aromatic nitrogens is 3. The Balaban J connectivity index is 1.58. The number of carbonyl (C=O) groups excluding carboxylic acids is 1. The van der Waals surface area contributed by atoms with Gasteiger partial charge in [-0.05, 0) is 37.7 Å². The van der Waals surface area contributed by atoms with Gasteiger partial charge in [-0.3, -0.25) is 9.89 Å². The van der Waals surface area contributed by atoms with Gasteiger partial charge < -0.3 is 14.5 Å². The van der Waals surface area contributed by atoms with Crippen LogP contribution in [0.4, 0.5) is 0 Å². The maximum Gasteiger partial charge on any atom is 0.235 e. The predicted octanol–water partition coefficient (Wildman–Crippen LogP) is 2.12. The summed E-state index contributed by atoms with van der Waals surface area (Å²) in [5.41, 5.74) is 0.930. The van der Waals surface area contributed by atoms with Crippen molar-refractivity contribution in [1.29, 1.82) is 0 Å². The van der Waals surface area contributed by atoms with E-state index in [1.807, 2.05) is 36.1 Å². The van der Waals surface area contributed by atoms with Crippen LogP contribution in [0.25, 0.3) is 11.4 Å². The highest BCUT2D eigenvalue weighted by Crippen LogP contribution is 2.25. The van der Waals surface area contributed by atoms with Gasteiger partial charge in [0.2, 0.25) is 11.1 Å². The summed E-state index contributed by atoms with van der Waals surface area (Å²) in [4.78, 5) is 21.5. The first-order valence-corrected chi connectivity index (χ1v) is 9.73. The quantitative estimate of drug-likeness (QED) is 0.780. The van der Waals surface area contributed by atoms with Gasteiger partial charge >= 0.3 is 0 Å². The Hall–Kier alpha value is -2.06. The lowest BCUT2D eigenvalue weighted by atomic mass is 10.2. The zero-order chi connectivity index (χ0) is 18.5. The van der Waals surface area contributed by atoms with Crippen molar-refractivity contribution < 1.29 is 9.53 Å². The van der Waals surface area contributed by atoms with Crippen molar-refractivity contribution in [3.63, 3.8) is 0 Å². The van der Waals surface area contributed by atoms with Gasteiger partial charge in [0, 0.05) is 31.7 Å². The van der Waals surface area contributed by atoms with E-state index in [4.69, 9.17) is 4.74 Å². The molecule has 3 rings (SSSR count). The first-order valence-electron chi connectivity index (χ1n) is 8.85. The van der Waals surface area contributed by atoms with Gasteiger partial charge in [0.25, 0.3) is 0 Å². The molecule has 1 N–H and O–H groups in total. The number of nitrogens with one attached hydrogen (secondary N) is 1. The number of hydrogen-bond acceptors (Lipinski definition) is 6. The van der Waals surface area contributed by atoms with Crippen LogP contribution in [-0.4, -0.2) is 76.0 Å². The molecule has 1 aromatic heterocycles. The van der Waals surface area contributed by atoms with E-state index in [0.29, 0.717) is 11.0 Å². The molecular weight excluding hydrogens is 350 g/mol. The van der Waals surface area contributed by atoms with Gasteiger partial charge in [-0.25, -0.2) is 4.98 Å². The zero-order valence-electron chi connectivity index (χ0n) is 15.4. The van der Waals surface area contributed by atoms with E-state index in [9.17, 15) is 4.79 Å². The number of methoxy groups -OCH3 is 1. The monoisotopic (exact) mass is 375 g/mol. The topological polar surface area (TPSA) is 74.3 Å². The van der Waals surface area contributed by atoms with Crippen LogP contribution in [-0.2, 0) is 4.79 Å². The minimum atomic E-state index is -0.206. The van der Waals surface area contributed by atoms with Crippen LogP contribution in [0.1, 0.15) is 13.8 Å². The highest BCUT2D eigenvalue weighted by Gasteiger charge is 2.26. The minimum Gasteiger partial charge on any atom is -0.497 e. The fraction of sp³-hybridized carbons (Fsp3) is 0.500. The fourth-order valence-corrected chi connectivity index (χ4v) is 3.74. The highest BCUT2D eigenvalue weighted by molar-refractivity contribution is 8.00. The number of rotatable bonds is 6. The smallest absolute Gasteiger partial charge is 0.235 e. The SMILES string of the molecule is CCN1CCN(C(=O)[C@H](C)Sc2n[nH]c(-c3ccc(OC)cc3)n2)CC1. The number of amides is 1. The summed E-state index contributed by atoms with van der Waals surface area (Å²) in [6, 6.07) is 7.62. The van der Waals surface area contributed by atoms with E-state index in [1.54, 1.807) is 7.11 Å². The Bertz CT molecular complexity index is 725. The third-order valence-electron chi connectivity index (χ3n) is 4.59. The third kappa shape index (κ3) is 4.37. The van der Waals surface area contributed by atoms with Crippen molar-refractivity contribution in [2.75, 3.05) is 39.8 Å². The molecular formula is C18H25N5O2S. The molecule has 0 bridgehead atoms. The first kappa shape index (κ1) is 18.7. The molecule has 1 atom stereocenters. The van der Waals surface area contributed by atoms with E-state index in [2.05, 4.69) is 27.0 Å². The Morgan fingerprint density at radius 3 is 2.58 bits per heavy atom. The van der Waals surface area contributed by atoms with E-state index in [1.165, 1.54) is 11.8 Å². The summed E-state index contributed by atoms with van der Waals surface area (Å²) in [6.07, 6.45) is 0. The first-order chi connectivity index (χ1) is 12.6. The van der Waals surface area contributed by atoms with Crippen LogP contribution in [0, 0.1) is 0 Å². The van der Waals surface area contributed by atoms with Crippen LogP contribution in [0.5, 0.6) is 5.75 Å². The van der Waals surface area contributed by atoms with E-state index in [0.717, 1.165) is 44.0 Å². The number of hydrogen-bond donors (Lipinski definition) is 1. The molecule has 8 heteroatoms. The molecule has 2 heterocycles. The molecule has 7 nitrogen and oxygen atoms in total. The second-order valence-corrected chi connectivity index (χ2v) is 7.52. The molecule has 1 aliphatic heterocycles. The number of piperazine rings is 1. The van der Waals surface area contributed by atoms with Crippen molar-refractivity contribution in [2.45, 2.75) is 24.3 Å². The van der Waals surface area contributed by atoms with Crippen molar-refractivity contribution in [3.05, 3.63) is 24.3 Å². The van der Waals surface area contributed by atoms with Gasteiger partial charge in [0.1, 0.15) is 5.75 Å². The fourth-order valence-electron chi connectivity index (χ4n) is 2.93. The van der Waals surface area contributed by atoms with Crippen molar-refractivity contribution in [1.82, 2.24) is 25.0 Å². The Morgan fingerprint density at radius 1 is 1.27 bits per heavy atom. The standard InChI is InChI=1S/C18H25N5O2S/c1-4-22-9-11-23(12-10-22)17(24)13(2)26-18-19-16(20-21-18)14-5-7-15(25-3)8-6-14/h5-8,13H,4,9-12H2,1-3H3,(H,19,20,21)/t13-/m0/s1. The second kappa shape index (κ2) is 8.55. The average molecular weight is 375 g/mol. The molecule has 26 heavy (non-hydrogen) atoms. The summed E-state index contributed by atoms with van der Waals surface area (Å²) >= 11 is 1.39. The van der Waals surface area contributed by atoms with Crippen LogP contribution in [0.3, 0.4) is 0 Å². The number of ether oxygens (including phenoxy) is 1. The third-order valence-corrected chi connectivity index (χ3v) is 5.54. The number of thioether (sulfide) groups is 1. The highest BCUT2D eigenvalue weighted by atomic mass is 32.2. The molecule has 1 saturated heterocycles. The lowest BCUT2D eigenvalue weighted by Gasteiger charge is -2.35. The molecule has 1 aliphatic rings. The molecule has 1 aromatic carbocycles. The number of aromatic amines is 1. The number of carbonyl (C=O) groups is 1. The van der Waals surface area contributed by atoms with E-state index < -0.39 is 0 Å². The Labute approximate surface area is 158 Å². The summed E-state index contributed by atoms with van der Waals surface area (Å²) < 4.78 is 5.17. The van der Waals surface area contributed by atoms with Crippen molar-refractivity contribution >= 4 is 17.7 Å². The zero-order valence-corrected chi connectivity index (χ0v) is 16.3. The molecule has 2 aromatic rings. The molecule has 140 valence electrons. The molecule has 1 fully saturated rings. The van der Waals surface area contributed by atoms with Crippen LogP contribution in [0.15, 0.2) is 29.4 Å². The average Bonchev–Trinajstić information content (AvgIpc) is 3.16. The number of nitrogens with zero attached hydrogens (tertiary/aromatic N) is 4. The molecule has 1 amide bonds. The molecule has 0 unspecified atom stereocenters. The van der Waals surface area contributed by atoms with Crippen LogP contribution < -0.4 is 4.74 Å². The number of likely N-dealkylation sites (N-methyl/N-ethyl adjacent to an activating group) is 1. The molecule has 0 spiro atoms. The van der Waals surface area contributed by atoms with Gasteiger partial charge in [0.15, 0.2) is 5.82 Å². The number of H-pyrrole nitrogens is 1. The van der Waals surface area contributed by atoms with E-state index >= 15 is 0 Å². The Kier molecular flexibility index (Phi) is 6.16. The predicted molar refractivity (Wildman–Crippen MR) is 102 cm³/mol. The van der Waals surface area contributed by atoms with Gasteiger partial charge in [-0.15, -0.1) is 5.10 Å². The lowest BCUT2D eigenvalue weighted by Crippen LogP contribution is -2.50. The summed E-state index contributed by atoms with van der Waals surface area (Å²) in [5.74, 6) is 1.64. The minimum absolute atomic E-state index is 0.154. The normalized spacial score (nSPS) is 16.5. The van der Waals surface area contributed by atoms with Gasteiger partial charge in [-0.2, -0.15) is 0 Å². The number of benzene rings is 1. The van der Waals surface area contributed by atoms with Gasteiger partial charge in [0.05, 0.1) is 12.4 Å².